The number of hydrogen-bond acceptors (Lipinski definition) is 5. The van der Waals surface area contributed by atoms with Gasteiger partial charge >= 0.3 is 0 Å². The van der Waals surface area contributed by atoms with Crippen LogP contribution in [0.2, 0.25) is 0 Å². The minimum Gasteiger partial charge on any atom is -0.486 e. The summed E-state index contributed by atoms with van der Waals surface area (Å²) in [5.41, 5.74) is 1.27. The predicted molar refractivity (Wildman–Crippen MR) is 107 cm³/mol. The number of ketones is 1. The van der Waals surface area contributed by atoms with Crippen LogP contribution >= 0.6 is 0 Å². The highest BCUT2D eigenvalue weighted by Gasteiger charge is 2.18. The quantitative estimate of drug-likeness (QED) is 0.690. The number of ether oxygens (including phenoxy) is 2. The summed E-state index contributed by atoms with van der Waals surface area (Å²) in [5.74, 6) is 0.504. The first kappa shape index (κ1) is 20.8. The number of carbonyl (C=O) groups excluding carboxylic acids is 2. The van der Waals surface area contributed by atoms with Crippen LogP contribution in [0.4, 0.5) is 4.39 Å². The molecule has 0 aliphatic carbocycles. The van der Waals surface area contributed by atoms with E-state index >= 15 is 0 Å². The average Bonchev–Trinajstić information content (AvgIpc) is 2.71. The molecule has 0 bridgehead atoms. The summed E-state index contributed by atoms with van der Waals surface area (Å²) < 4.78 is 24.4. The Labute approximate surface area is 169 Å². The second-order valence-corrected chi connectivity index (χ2v) is 7.12. The molecular formula is C22H25FN2O4. The smallest absolute Gasteiger partial charge is 0.220 e. The van der Waals surface area contributed by atoms with E-state index in [2.05, 4.69) is 5.32 Å². The van der Waals surface area contributed by atoms with Crippen LogP contribution in [-0.2, 0) is 4.79 Å². The van der Waals surface area contributed by atoms with Crippen LogP contribution in [0.3, 0.4) is 0 Å². The lowest BCUT2D eigenvalue weighted by Gasteiger charge is -2.25. The van der Waals surface area contributed by atoms with Gasteiger partial charge in [0.1, 0.15) is 19.0 Å². The van der Waals surface area contributed by atoms with Gasteiger partial charge in [-0.2, -0.15) is 0 Å². The Morgan fingerprint density at radius 1 is 1.07 bits per heavy atom. The fourth-order valence-electron chi connectivity index (χ4n) is 3.20. The molecule has 3 rings (SSSR count). The molecule has 1 atom stereocenters. The van der Waals surface area contributed by atoms with Crippen LogP contribution in [0.25, 0.3) is 0 Å². The van der Waals surface area contributed by atoms with Crippen molar-refractivity contribution >= 4 is 11.7 Å². The van der Waals surface area contributed by atoms with Crippen LogP contribution < -0.4 is 14.8 Å². The minimum absolute atomic E-state index is 0.0799. The molecule has 2 aromatic carbocycles. The Morgan fingerprint density at radius 3 is 2.55 bits per heavy atom. The summed E-state index contributed by atoms with van der Waals surface area (Å²) in [6.07, 6.45) is 0.175. The number of hydrogen-bond donors (Lipinski definition) is 1. The van der Waals surface area contributed by atoms with Gasteiger partial charge in [-0.3, -0.25) is 9.59 Å². The maximum atomic E-state index is 13.5. The van der Waals surface area contributed by atoms with E-state index in [-0.39, 0.29) is 36.4 Å². The molecule has 1 amide bonds. The van der Waals surface area contributed by atoms with E-state index in [4.69, 9.17) is 9.47 Å². The largest absolute Gasteiger partial charge is 0.486 e. The number of fused-ring (bicyclic) bond motifs is 1. The van der Waals surface area contributed by atoms with Crippen molar-refractivity contribution in [2.45, 2.75) is 18.9 Å². The van der Waals surface area contributed by atoms with Gasteiger partial charge in [0.25, 0.3) is 0 Å². The molecule has 0 spiro atoms. The molecular weight excluding hydrogens is 375 g/mol. The van der Waals surface area contributed by atoms with Gasteiger partial charge in [0.05, 0.1) is 6.04 Å². The molecule has 0 saturated carbocycles. The van der Waals surface area contributed by atoms with Gasteiger partial charge in [-0.05, 0) is 50.0 Å². The van der Waals surface area contributed by atoms with Gasteiger partial charge in [-0.25, -0.2) is 4.39 Å². The van der Waals surface area contributed by atoms with E-state index < -0.39 is 0 Å². The number of benzene rings is 2. The average molecular weight is 400 g/mol. The lowest BCUT2D eigenvalue weighted by atomic mass is 10.0. The van der Waals surface area contributed by atoms with Gasteiger partial charge in [-0.1, -0.05) is 12.1 Å². The van der Waals surface area contributed by atoms with Crippen LogP contribution in [0.5, 0.6) is 11.5 Å². The van der Waals surface area contributed by atoms with Crippen LogP contribution in [0, 0.1) is 5.82 Å². The van der Waals surface area contributed by atoms with Crippen LogP contribution in [0.1, 0.15) is 34.8 Å². The van der Waals surface area contributed by atoms with Crippen molar-refractivity contribution in [3.05, 3.63) is 59.4 Å². The highest BCUT2D eigenvalue weighted by atomic mass is 19.1. The number of halogens is 1. The zero-order valence-electron chi connectivity index (χ0n) is 16.6. The maximum Gasteiger partial charge on any atom is 0.220 e. The SMILES string of the molecule is CN(C)C(CNC(=O)CCC(=O)c1ccc2c(c1)OCCO2)c1cccc(F)c1. The van der Waals surface area contributed by atoms with E-state index in [0.29, 0.717) is 36.8 Å². The zero-order valence-corrected chi connectivity index (χ0v) is 16.6. The van der Waals surface area contributed by atoms with Crippen LogP contribution in [0.15, 0.2) is 42.5 Å². The second kappa shape index (κ2) is 9.52. The van der Waals surface area contributed by atoms with E-state index in [9.17, 15) is 14.0 Å². The lowest BCUT2D eigenvalue weighted by Crippen LogP contribution is -2.34. The molecule has 1 N–H and O–H groups in total. The second-order valence-electron chi connectivity index (χ2n) is 7.12. The molecule has 2 aromatic rings. The van der Waals surface area contributed by atoms with Gasteiger partial charge in [0.2, 0.25) is 5.91 Å². The number of rotatable bonds is 8. The van der Waals surface area contributed by atoms with Crippen molar-refractivity contribution in [2.24, 2.45) is 0 Å². The number of nitrogens with zero attached hydrogens (tertiary/aromatic N) is 1. The van der Waals surface area contributed by atoms with Crippen molar-refractivity contribution in [1.82, 2.24) is 10.2 Å². The van der Waals surface area contributed by atoms with Gasteiger partial charge in [0.15, 0.2) is 17.3 Å². The summed E-state index contributed by atoms with van der Waals surface area (Å²) in [4.78, 5) is 26.6. The fraction of sp³-hybridized carbons (Fsp3) is 0.364. The predicted octanol–water partition coefficient (Wildman–Crippen LogP) is 2.98. The number of carbonyl (C=O) groups is 2. The molecule has 154 valence electrons. The molecule has 6 nitrogen and oxygen atoms in total. The monoisotopic (exact) mass is 400 g/mol. The number of likely N-dealkylation sites (N-methyl/N-ethyl adjacent to an activating group) is 1. The minimum atomic E-state index is -0.314. The molecule has 1 heterocycles. The third-order valence-corrected chi connectivity index (χ3v) is 4.79. The van der Waals surface area contributed by atoms with Crippen molar-refractivity contribution in [1.29, 1.82) is 0 Å². The topological polar surface area (TPSA) is 67.9 Å². The van der Waals surface area contributed by atoms with E-state index in [1.54, 1.807) is 24.3 Å². The highest BCUT2D eigenvalue weighted by Crippen LogP contribution is 2.31. The van der Waals surface area contributed by atoms with Crippen LogP contribution in [-0.4, -0.2) is 50.4 Å². The Kier molecular flexibility index (Phi) is 6.82. The first-order valence-corrected chi connectivity index (χ1v) is 9.55. The summed E-state index contributed by atoms with van der Waals surface area (Å²) in [7, 11) is 3.74. The van der Waals surface area contributed by atoms with E-state index in [0.717, 1.165) is 5.56 Å². The Hall–Kier alpha value is -2.93. The normalized spacial score (nSPS) is 13.8. The third kappa shape index (κ3) is 5.54. The lowest BCUT2D eigenvalue weighted by molar-refractivity contribution is -0.121. The first-order valence-electron chi connectivity index (χ1n) is 9.55. The number of Topliss-reactive ketones (excluding diaryl/α,β-unsaturated/α-hetero) is 1. The Morgan fingerprint density at radius 2 is 1.83 bits per heavy atom. The van der Waals surface area contributed by atoms with Gasteiger partial charge < -0.3 is 19.7 Å². The summed E-state index contributed by atoms with van der Waals surface area (Å²) in [6.45, 7) is 1.27. The molecule has 0 radical (unpaired) electrons. The van der Waals surface area contributed by atoms with Gasteiger partial charge in [0, 0.05) is 24.9 Å². The van der Waals surface area contributed by atoms with Gasteiger partial charge in [-0.15, -0.1) is 0 Å². The maximum absolute atomic E-state index is 13.5. The summed E-state index contributed by atoms with van der Waals surface area (Å²) >= 11 is 0. The zero-order chi connectivity index (χ0) is 20.8. The van der Waals surface area contributed by atoms with E-state index in [1.165, 1.54) is 12.1 Å². The molecule has 1 aliphatic rings. The summed E-state index contributed by atoms with van der Waals surface area (Å²) in [6, 6.07) is 11.2. The molecule has 7 heteroatoms. The number of amides is 1. The Bertz CT molecular complexity index is 885. The van der Waals surface area contributed by atoms with Crippen molar-refractivity contribution in [3.63, 3.8) is 0 Å². The Balaban J connectivity index is 1.52. The molecule has 1 aliphatic heterocycles. The number of nitrogens with one attached hydrogen (secondary N) is 1. The molecule has 0 aromatic heterocycles. The van der Waals surface area contributed by atoms with Crippen molar-refractivity contribution in [3.8, 4) is 11.5 Å². The fourth-order valence-corrected chi connectivity index (χ4v) is 3.20. The molecule has 1 unspecified atom stereocenters. The molecule has 29 heavy (non-hydrogen) atoms. The van der Waals surface area contributed by atoms with Crippen molar-refractivity contribution in [2.75, 3.05) is 33.9 Å². The molecule has 0 saturated heterocycles. The molecule has 0 fully saturated rings. The highest BCUT2D eigenvalue weighted by molar-refractivity contribution is 5.98. The third-order valence-electron chi connectivity index (χ3n) is 4.79. The van der Waals surface area contributed by atoms with E-state index in [1.807, 2.05) is 25.1 Å². The summed E-state index contributed by atoms with van der Waals surface area (Å²) in [5, 5.41) is 2.84. The first-order chi connectivity index (χ1) is 13.9. The standard InChI is InChI=1S/C22H25FN2O4/c1-25(2)18(15-4-3-5-17(23)12-15)14-24-22(27)9-7-19(26)16-6-8-20-21(13-16)29-11-10-28-20/h3-6,8,12-13,18H,7,9-11,14H2,1-2H3,(H,24,27). The van der Waals surface area contributed by atoms with Crippen molar-refractivity contribution < 1.29 is 23.5 Å².